The minimum Gasteiger partial charge on any atom is -0.481 e. The molecule has 0 unspecified atom stereocenters. The Kier molecular flexibility index (Phi) is 5.66. The van der Waals surface area contributed by atoms with Gasteiger partial charge in [-0.1, -0.05) is 20.8 Å². The molecule has 0 aliphatic carbocycles. The van der Waals surface area contributed by atoms with E-state index in [9.17, 15) is 9.59 Å². The summed E-state index contributed by atoms with van der Waals surface area (Å²) in [5.74, 6) is -1.12. The Morgan fingerprint density at radius 3 is 1.76 bits per heavy atom. The number of rotatable bonds is 7. The molecule has 4 nitrogen and oxygen atoms in total. The number of carboxylic acids is 1. The minimum atomic E-state index is -1.01. The highest BCUT2D eigenvalue weighted by Gasteiger charge is 2.33. The normalized spacial score (nSPS) is 12.3. The summed E-state index contributed by atoms with van der Waals surface area (Å²) in [5, 5.41) is 12.0. The van der Waals surface area contributed by atoms with Crippen LogP contribution in [0.5, 0.6) is 0 Å². The average Bonchev–Trinajstić information content (AvgIpc) is 2.25. The maximum absolute atomic E-state index is 11.9. The third-order valence-corrected chi connectivity index (χ3v) is 3.62. The van der Waals surface area contributed by atoms with E-state index in [2.05, 4.69) is 5.32 Å². The van der Waals surface area contributed by atoms with Crippen molar-refractivity contribution in [2.24, 2.45) is 5.41 Å². The van der Waals surface area contributed by atoms with Crippen LogP contribution in [0.2, 0.25) is 0 Å². The van der Waals surface area contributed by atoms with Crippen molar-refractivity contribution in [2.45, 2.75) is 65.8 Å². The van der Waals surface area contributed by atoms with Gasteiger partial charge in [0.25, 0.3) is 0 Å². The first kappa shape index (κ1) is 15.9. The number of carbonyl (C=O) groups is 2. The van der Waals surface area contributed by atoms with E-state index >= 15 is 0 Å². The zero-order valence-electron chi connectivity index (χ0n) is 11.6. The van der Waals surface area contributed by atoms with Crippen molar-refractivity contribution in [1.29, 1.82) is 0 Å². The Balaban J connectivity index is 4.60. The molecular formula is C13H25NO3. The Morgan fingerprint density at radius 1 is 1.06 bits per heavy atom. The fourth-order valence-electron chi connectivity index (χ4n) is 1.83. The van der Waals surface area contributed by atoms with Gasteiger partial charge in [0, 0.05) is 12.0 Å². The molecule has 2 N–H and O–H groups in total. The van der Waals surface area contributed by atoms with Crippen LogP contribution in [0.15, 0.2) is 0 Å². The molecule has 0 heterocycles. The highest BCUT2D eigenvalue weighted by molar-refractivity contribution is 5.84. The third kappa shape index (κ3) is 4.36. The molecule has 0 aromatic heterocycles. The van der Waals surface area contributed by atoms with Gasteiger partial charge in [0.15, 0.2) is 0 Å². The smallest absolute Gasteiger partial charge is 0.309 e. The quantitative estimate of drug-likeness (QED) is 0.722. The summed E-state index contributed by atoms with van der Waals surface area (Å²) in [4.78, 5) is 22.8. The number of nitrogens with one attached hydrogen (secondary N) is 1. The summed E-state index contributed by atoms with van der Waals surface area (Å²) < 4.78 is 0. The van der Waals surface area contributed by atoms with Gasteiger partial charge in [-0.2, -0.15) is 0 Å². The van der Waals surface area contributed by atoms with Crippen molar-refractivity contribution in [3.63, 3.8) is 0 Å². The number of carboxylic acid groups (broad SMARTS) is 1. The highest BCUT2D eigenvalue weighted by atomic mass is 16.4. The Labute approximate surface area is 104 Å². The number of carbonyl (C=O) groups excluding carboxylic acids is 1. The van der Waals surface area contributed by atoms with Crippen LogP contribution in [0, 0.1) is 5.41 Å². The lowest BCUT2D eigenvalue weighted by Gasteiger charge is -2.33. The molecule has 1 amide bonds. The van der Waals surface area contributed by atoms with E-state index in [1.807, 2.05) is 20.8 Å². The fraction of sp³-hybridized carbons (Fsp3) is 0.846. The van der Waals surface area contributed by atoms with Gasteiger partial charge in [-0.05, 0) is 33.1 Å². The molecule has 17 heavy (non-hydrogen) atoms. The van der Waals surface area contributed by atoms with E-state index in [1.165, 1.54) is 0 Å². The zero-order chi connectivity index (χ0) is 13.7. The van der Waals surface area contributed by atoms with Crippen molar-refractivity contribution in [2.75, 3.05) is 0 Å². The summed E-state index contributed by atoms with van der Waals surface area (Å²) in [5.41, 5.74) is -1.20. The lowest BCUT2D eigenvalue weighted by Crippen LogP contribution is -2.48. The fourth-order valence-corrected chi connectivity index (χ4v) is 1.83. The van der Waals surface area contributed by atoms with Crippen LogP contribution in [0.1, 0.15) is 60.3 Å². The highest BCUT2D eigenvalue weighted by Crippen LogP contribution is 2.23. The molecule has 0 aromatic rings. The van der Waals surface area contributed by atoms with Crippen LogP contribution in [-0.2, 0) is 9.59 Å². The van der Waals surface area contributed by atoms with Gasteiger partial charge in [0.2, 0.25) is 5.91 Å². The Bertz CT molecular complexity index is 272. The number of hydrogen-bond donors (Lipinski definition) is 2. The standard InChI is InChI=1S/C13H25NO3/c1-6-13(7-2,8-3)14-10(15)9-12(4,5)11(16)17/h6-9H2,1-5H3,(H,14,15)(H,16,17). The first-order valence-electron chi connectivity index (χ1n) is 6.27. The zero-order valence-corrected chi connectivity index (χ0v) is 11.6. The molecule has 0 saturated carbocycles. The average molecular weight is 243 g/mol. The second kappa shape index (κ2) is 6.03. The lowest BCUT2D eigenvalue weighted by atomic mass is 9.86. The third-order valence-electron chi connectivity index (χ3n) is 3.62. The summed E-state index contributed by atoms with van der Waals surface area (Å²) >= 11 is 0. The molecule has 0 fully saturated rings. The van der Waals surface area contributed by atoms with Gasteiger partial charge >= 0.3 is 5.97 Å². The topological polar surface area (TPSA) is 66.4 Å². The van der Waals surface area contributed by atoms with Crippen molar-refractivity contribution in [3.05, 3.63) is 0 Å². The molecule has 0 bridgehead atoms. The van der Waals surface area contributed by atoms with E-state index in [-0.39, 0.29) is 17.9 Å². The molecule has 0 spiro atoms. The molecule has 0 saturated heterocycles. The van der Waals surface area contributed by atoms with Crippen molar-refractivity contribution >= 4 is 11.9 Å². The number of hydrogen-bond acceptors (Lipinski definition) is 2. The molecule has 0 aromatic carbocycles. The van der Waals surface area contributed by atoms with E-state index in [0.29, 0.717) is 0 Å². The largest absolute Gasteiger partial charge is 0.481 e. The van der Waals surface area contributed by atoms with Gasteiger partial charge in [-0.25, -0.2) is 0 Å². The van der Waals surface area contributed by atoms with Crippen LogP contribution in [0.25, 0.3) is 0 Å². The first-order chi connectivity index (χ1) is 7.73. The summed E-state index contributed by atoms with van der Waals surface area (Å²) in [6.07, 6.45) is 2.60. The van der Waals surface area contributed by atoms with Gasteiger partial charge in [-0.3, -0.25) is 9.59 Å². The minimum absolute atomic E-state index is 0.0179. The molecular weight excluding hydrogens is 218 g/mol. The van der Waals surface area contributed by atoms with Crippen molar-refractivity contribution in [1.82, 2.24) is 5.32 Å². The predicted molar refractivity (Wildman–Crippen MR) is 67.8 cm³/mol. The SMILES string of the molecule is CCC(CC)(CC)NC(=O)CC(C)(C)C(=O)O. The second-order valence-corrected chi connectivity index (χ2v) is 5.25. The molecule has 4 heteroatoms. The molecule has 100 valence electrons. The molecule has 0 aliphatic heterocycles. The van der Waals surface area contributed by atoms with E-state index in [0.717, 1.165) is 19.3 Å². The predicted octanol–water partition coefficient (Wildman–Crippen LogP) is 2.57. The van der Waals surface area contributed by atoms with E-state index in [4.69, 9.17) is 5.11 Å². The maximum Gasteiger partial charge on any atom is 0.309 e. The van der Waals surface area contributed by atoms with Crippen LogP contribution >= 0.6 is 0 Å². The Hall–Kier alpha value is -1.06. The first-order valence-corrected chi connectivity index (χ1v) is 6.27. The lowest BCUT2D eigenvalue weighted by molar-refractivity contribution is -0.149. The summed E-state index contributed by atoms with van der Waals surface area (Å²) in [7, 11) is 0. The van der Waals surface area contributed by atoms with Crippen molar-refractivity contribution in [3.8, 4) is 0 Å². The summed E-state index contributed by atoms with van der Waals surface area (Å²) in [6.45, 7) is 9.25. The van der Waals surface area contributed by atoms with E-state index < -0.39 is 11.4 Å². The van der Waals surface area contributed by atoms with Crippen LogP contribution in [0.4, 0.5) is 0 Å². The second-order valence-electron chi connectivity index (χ2n) is 5.25. The number of amides is 1. The monoisotopic (exact) mass is 243 g/mol. The molecule has 0 radical (unpaired) electrons. The van der Waals surface area contributed by atoms with Gasteiger partial charge in [0.1, 0.15) is 0 Å². The maximum atomic E-state index is 11.9. The number of aliphatic carboxylic acids is 1. The Morgan fingerprint density at radius 2 is 1.47 bits per heavy atom. The van der Waals surface area contributed by atoms with Crippen LogP contribution in [0.3, 0.4) is 0 Å². The van der Waals surface area contributed by atoms with Gasteiger partial charge < -0.3 is 10.4 Å². The molecule has 0 aliphatic rings. The molecule has 0 rings (SSSR count). The van der Waals surface area contributed by atoms with Crippen LogP contribution < -0.4 is 5.32 Å². The van der Waals surface area contributed by atoms with Crippen LogP contribution in [-0.4, -0.2) is 22.5 Å². The van der Waals surface area contributed by atoms with Gasteiger partial charge in [-0.15, -0.1) is 0 Å². The van der Waals surface area contributed by atoms with Crippen molar-refractivity contribution < 1.29 is 14.7 Å². The summed E-state index contributed by atoms with van der Waals surface area (Å²) in [6, 6.07) is 0. The van der Waals surface area contributed by atoms with Gasteiger partial charge in [0.05, 0.1) is 5.41 Å². The molecule has 0 atom stereocenters. The van der Waals surface area contributed by atoms with E-state index in [1.54, 1.807) is 13.8 Å².